The average Bonchev–Trinajstić information content (AvgIpc) is 2.75. The van der Waals surface area contributed by atoms with Gasteiger partial charge in [0.25, 0.3) is 5.56 Å². The SMILES string of the molecule is CCCCCCn1c(SC(C)C(=O)Nc2c(C)cccc2C)nc2ccccc2c1=O. The first-order chi connectivity index (χ1) is 14.9. The Morgan fingerprint density at radius 3 is 2.48 bits per heavy atom. The fraction of sp³-hybridized carbons (Fsp3) is 0.400. The van der Waals surface area contributed by atoms with Gasteiger partial charge in [-0.1, -0.05) is 68.3 Å². The molecule has 1 unspecified atom stereocenters. The van der Waals surface area contributed by atoms with E-state index >= 15 is 0 Å². The lowest BCUT2D eigenvalue weighted by molar-refractivity contribution is -0.115. The second-order valence-electron chi connectivity index (χ2n) is 7.95. The molecule has 0 radical (unpaired) electrons. The average molecular weight is 438 g/mol. The molecule has 164 valence electrons. The van der Waals surface area contributed by atoms with Crippen molar-refractivity contribution in [1.29, 1.82) is 0 Å². The number of nitrogens with zero attached hydrogens (tertiary/aromatic N) is 2. The molecule has 1 aromatic heterocycles. The molecule has 5 nitrogen and oxygen atoms in total. The fourth-order valence-electron chi connectivity index (χ4n) is 3.58. The van der Waals surface area contributed by atoms with Crippen LogP contribution in [0.15, 0.2) is 52.4 Å². The first kappa shape index (κ1) is 23.1. The van der Waals surface area contributed by atoms with E-state index in [0.29, 0.717) is 22.6 Å². The van der Waals surface area contributed by atoms with Gasteiger partial charge in [0, 0.05) is 12.2 Å². The van der Waals surface area contributed by atoms with Gasteiger partial charge in [-0.15, -0.1) is 0 Å². The third kappa shape index (κ3) is 5.56. The standard InChI is InChI=1S/C25H31N3O2S/c1-5-6-7-10-16-28-24(30)20-14-8-9-15-21(20)26-25(28)31-19(4)23(29)27-22-17(2)12-11-13-18(22)3/h8-9,11-15,19H,5-7,10,16H2,1-4H3,(H,27,29). The lowest BCUT2D eigenvalue weighted by atomic mass is 10.1. The first-order valence-corrected chi connectivity index (χ1v) is 11.8. The van der Waals surface area contributed by atoms with Crippen LogP contribution in [0.4, 0.5) is 5.69 Å². The van der Waals surface area contributed by atoms with Crippen molar-refractivity contribution >= 4 is 34.3 Å². The van der Waals surface area contributed by atoms with Crippen LogP contribution in [0, 0.1) is 13.8 Å². The molecular weight excluding hydrogens is 406 g/mol. The number of fused-ring (bicyclic) bond motifs is 1. The molecule has 0 aliphatic rings. The Labute approximate surface area is 188 Å². The largest absolute Gasteiger partial charge is 0.325 e. The van der Waals surface area contributed by atoms with Crippen LogP contribution in [-0.4, -0.2) is 20.7 Å². The molecule has 2 aromatic carbocycles. The van der Waals surface area contributed by atoms with Gasteiger partial charge in [0.2, 0.25) is 5.91 Å². The van der Waals surface area contributed by atoms with E-state index in [9.17, 15) is 9.59 Å². The van der Waals surface area contributed by atoms with Crippen LogP contribution in [0.25, 0.3) is 10.9 Å². The molecule has 0 aliphatic carbocycles. The number of amides is 1. The van der Waals surface area contributed by atoms with Gasteiger partial charge in [-0.05, 0) is 50.5 Å². The van der Waals surface area contributed by atoms with Gasteiger partial charge < -0.3 is 5.32 Å². The number of aryl methyl sites for hydroxylation is 2. The van der Waals surface area contributed by atoms with E-state index in [1.54, 1.807) is 4.57 Å². The zero-order valence-corrected chi connectivity index (χ0v) is 19.6. The third-order valence-electron chi connectivity index (χ3n) is 5.44. The Hall–Kier alpha value is -2.60. The maximum atomic E-state index is 13.2. The maximum absolute atomic E-state index is 13.2. The van der Waals surface area contributed by atoms with E-state index in [4.69, 9.17) is 4.98 Å². The van der Waals surface area contributed by atoms with Crippen molar-refractivity contribution in [1.82, 2.24) is 9.55 Å². The fourth-order valence-corrected chi connectivity index (χ4v) is 4.51. The molecule has 0 aliphatic heterocycles. The number of para-hydroxylation sites is 2. The van der Waals surface area contributed by atoms with Crippen LogP contribution in [-0.2, 0) is 11.3 Å². The monoisotopic (exact) mass is 437 g/mol. The number of hydrogen-bond donors (Lipinski definition) is 1. The van der Waals surface area contributed by atoms with Crippen molar-refractivity contribution in [3.63, 3.8) is 0 Å². The van der Waals surface area contributed by atoms with Gasteiger partial charge >= 0.3 is 0 Å². The lowest BCUT2D eigenvalue weighted by Gasteiger charge is -2.18. The van der Waals surface area contributed by atoms with Gasteiger partial charge in [-0.3, -0.25) is 14.2 Å². The highest BCUT2D eigenvalue weighted by atomic mass is 32.2. The van der Waals surface area contributed by atoms with Crippen LogP contribution in [0.2, 0.25) is 0 Å². The number of thioether (sulfide) groups is 1. The van der Waals surface area contributed by atoms with Crippen molar-refractivity contribution in [2.45, 2.75) is 70.3 Å². The second-order valence-corrected chi connectivity index (χ2v) is 9.25. The Kier molecular flexibility index (Phi) is 7.91. The molecule has 1 amide bonds. The summed E-state index contributed by atoms with van der Waals surface area (Å²) in [5.74, 6) is -0.0951. The van der Waals surface area contributed by atoms with E-state index in [2.05, 4.69) is 12.2 Å². The zero-order valence-electron chi connectivity index (χ0n) is 18.8. The highest BCUT2D eigenvalue weighted by Gasteiger charge is 2.20. The number of carbonyl (C=O) groups is 1. The molecule has 0 fully saturated rings. The third-order valence-corrected chi connectivity index (χ3v) is 6.53. The Morgan fingerprint density at radius 1 is 1.06 bits per heavy atom. The molecule has 0 saturated carbocycles. The van der Waals surface area contributed by atoms with Gasteiger partial charge in [-0.2, -0.15) is 0 Å². The molecule has 1 heterocycles. The van der Waals surface area contributed by atoms with Crippen molar-refractivity contribution in [2.24, 2.45) is 0 Å². The van der Waals surface area contributed by atoms with E-state index < -0.39 is 5.25 Å². The minimum atomic E-state index is -0.394. The van der Waals surface area contributed by atoms with Crippen molar-refractivity contribution < 1.29 is 4.79 Å². The van der Waals surface area contributed by atoms with Gasteiger partial charge in [0.15, 0.2) is 5.16 Å². The van der Waals surface area contributed by atoms with Crippen molar-refractivity contribution in [2.75, 3.05) is 5.32 Å². The molecule has 1 N–H and O–H groups in total. The second kappa shape index (κ2) is 10.6. The van der Waals surface area contributed by atoms with Crippen LogP contribution in [0.5, 0.6) is 0 Å². The van der Waals surface area contributed by atoms with Gasteiger partial charge in [-0.25, -0.2) is 4.98 Å². The van der Waals surface area contributed by atoms with Gasteiger partial charge in [0.05, 0.1) is 16.2 Å². The minimum Gasteiger partial charge on any atom is -0.325 e. The highest BCUT2D eigenvalue weighted by Crippen LogP contribution is 2.26. The summed E-state index contributed by atoms with van der Waals surface area (Å²) < 4.78 is 1.74. The predicted molar refractivity (Wildman–Crippen MR) is 130 cm³/mol. The van der Waals surface area contributed by atoms with E-state index in [0.717, 1.165) is 42.5 Å². The van der Waals surface area contributed by atoms with Crippen LogP contribution < -0.4 is 10.9 Å². The summed E-state index contributed by atoms with van der Waals surface area (Å²) in [5.41, 5.74) is 3.54. The van der Waals surface area contributed by atoms with Crippen molar-refractivity contribution in [3.8, 4) is 0 Å². The predicted octanol–water partition coefficient (Wildman–Crippen LogP) is 5.71. The molecule has 3 rings (SSSR count). The van der Waals surface area contributed by atoms with Gasteiger partial charge in [0.1, 0.15) is 0 Å². The number of hydrogen-bond acceptors (Lipinski definition) is 4. The van der Waals surface area contributed by atoms with Crippen LogP contribution in [0.1, 0.15) is 50.7 Å². The van der Waals surface area contributed by atoms with E-state index in [1.165, 1.54) is 11.8 Å². The van der Waals surface area contributed by atoms with E-state index in [1.807, 2.05) is 63.2 Å². The number of benzene rings is 2. The molecule has 31 heavy (non-hydrogen) atoms. The summed E-state index contributed by atoms with van der Waals surface area (Å²) >= 11 is 1.34. The lowest BCUT2D eigenvalue weighted by Crippen LogP contribution is -2.27. The van der Waals surface area contributed by atoms with E-state index in [-0.39, 0.29) is 11.5 Å². The first-order valence-electron chi connectivity index (χ1n) is 11.0. The summed E-state index contributed by atoms with van der Waals surface area (Å²) in [6, 6.07) is 13.4. The minimum absolute atomic E-state index is 0.0352. The molecule has 6 heteroatoms. The molecule has 3 aromatic rings. The number of anilines is 1. The number of aromatic nitrogens is 2. The summed E-state index contributed by atoms with van der Waals surface area (Å²) in [6.07, 6.45) is 4.28. The highest BCUT2D eigenvalue weighted by molar-refractivity contribution is 8.00. The quantitative estimate of drug-likeness (QED) is 0.264. The van der Waals surface area contributed by atoms with Crippen LogP contribution >= 0.6 is 11.8 Å². The molecule has 0 spiro atoms. The smallest absolute Gasteiger partial charge is 0.262 e. The topological polar surface area (TPSA) is 64.0 Å². The van der Waals surface area contributed by atoms with Crippen molar-refractivity contribution in [3.05, 3.63) is 63.9 Å². The number of rotatable bonds is 9. The summed E-state index contributed by atoms with van der Waals surface area (Å²) in [6.45, 7) is 8.61. The number of nitrogens with one attached hydrogen (secondary N) is 1. The zero-order chi connectivity index (χ0) is 22.4. The molecule has 0 saturated heterocycles. The normalized spacial score (nSPS) is 12.1. The Balaban J connectivity index is 1.86. The molecule has 1 atom stereocenters. The van der Waals surface area contributed by atoms with Crippen LogP contribution in [0.3, 0.4) is 0 Å². The molecule has 0 bridgehead atoms. The summed E-state index contributed by atoms with van der Waals surface area (Å²) in [7, 11) is 0. The maximum Gasteiger partial charge on any atom is 0.262 e. The Morgan fingerprint density at radius 2 is 1.77 bits per heavy atom. The number of unbranched alkanes of at least 4 members (excludes halogenated alkanes) is 3. The summed E-state index contributed by atoms with van der Waals surface area (Å²) in [4.78, 5) is 30.8. The summed E-state index contributed by atoms with van der Waals surface area (Å²) in [5, 5.41) is 3.88. The number of carbonyl (C=O) groups excluding carboxylic acids is 1. The Bertz CT molecular complexity index is 1100. The molecular formula is C25H31N3O2S.